The lowest BCUT2D eigenvalue weighted by atomic mass is 9.89. The number of hydrogen-bond donors (Lipinski definition) is 0. The van der Waals surface area contributed by atoms with E-state index < -0.39 is 17.3 Å². The van der Waals surface area contributed by atoms with Gasteiger partial charge in [0.05, 0.1) is 21.3 Å². The second-order valence-electron chi connectivity index (χ2n) is 9.05. The summed E-state index contributed by atoms with van der Waals surface area (Å²) in [5.41, 5.74) is -1.09. The maximum atomic E-state index is 13.5. The summed E-state index contributed by atoms with van der Waals surface area (Å²) in [6.45, 7) is 4.48. The summed E-state index contributed by atoms with van der Waals surface area (Å²) in [6.07, 6.45) is 5.49. The second-order valence-corrected chi connectivity index (χ2v) is 10.0. The molecule has 33 heavy (non-hydrogen) atoms. The van der Waals surface area contributed by atoms with Crippen molar-refractivity contribution < 1.29 is 13.2 Å². The molecule has 3 aromatic rings. The van der Waals surface area contributed by atoms with E-state index in [1.807, 2.05) is 0 Å². The summed E-state index contributed by atoms with van der Waals surface area (Å²) in [5, 5.41) is 0.594. The van der Waals surface area contributed by atoms with Crippen LogP contribution < -0.4 is 10.5 Å². The van der Waals surface area contributed by atoms with Crippen LogP contribution in [0.2, 0.25) is 0 Å². The van der Waals surface area contributed by atoms with Gasteiger partial charge in [0.25, 0.3) is 5.56 Å². The minimum absolute atomic E-state index is 0.0122. The van der Waals surface area contributed by atoms with Gasteiger partial charge >= 0.3 is 6.18 Å². The van der Waals surface area contributed by atoms with Crippen molar-refractivity contribution in [2.45, 2.75) is 38.3 Å². The van der Waals surface area contributed by atoms with Crippen molar-refractivity contribution in [3.8, 4) is 5.69 Å². The lowest BCUT2D eigenvalue weighted by molar-refractivity contribution is -0.137. The molecule has 3 heterocycles. The molecule has 2 aromatic heterocycles. The molecule has 176 valence electrons. The lowest BCUT2D eigenvalue weighted by Gasteiger charge is -2.37. The molecule has 1 saturated heterocycles. The van der Waals surface area contributed by atoms with Crippen LogP contribution in [0.4, 0.5) is 18.3 Å². The minimum atomic E-state index is -4.54. The third-order valence-corrected chi connectivity index (χ3v) is 7.95. The predicted molar refractivity (Wildman–Crippen MR) is 125 cm³/mol. The van der Waals surface area contributed by atoms with Gasteiger partial charge in [0.15, 0.2) is 5.13 Å². The van der Waals surface area contributed by atoms with Gasteiger partial charge in [-0.05, 0) is 43.0 Å². The fraction of sp³-hybridized carbons (Fsp3) is 0.500. The second kappa shape index (κ2) is 9.10. The number of piperazine rings is 1. The average Bonchev–Trinajstić information content (AvgIpc) is 3.34. The number of nitrogens with zero attached hydrogens (tertiary/aromatic N) is 4. The van der Waals surface area contributed by atoms with Gasteiger partial charge in [0.1, 0.15) is 0 Å². The zero-order valence-corrected chi connectivity index (χ0v) is 19.2. The fourth-order valence-corrected chi connectivity index (χ4v) is 6.13. The molecule has 1 aromatic carbocycles. The van der Waals surface area contributed by atoms with Gasteiger partial charge in [0.2, 0.25) is 0 Å². The van der Waals surface area contributed by atoms with E-state index in [1.165, 1.54) is 43.4 Å². The third kappa shape index (κ3) is 4.80. The largest absolute Gasteiger partial charge is 0.416 e. The molecule has 1 aliphatic heterocycles. The molecule has 0 unspecified atom stereocenters. The van der Waals surface area contributed by atoms with Gasteiger partial charge in [-0.15, -0.1) is 0 Å². The molecule has 0 atom stereocenters. The molecule has 0 radical (unpaired) electrons. The smallest absolute Gasteiger partial charge is 0.345 e. The maximum absolute atomic E-state index is 13.5. The summed E-state index contributed by atoms with van der Waals surface area (Å²) < 4.78 is 42.7. The Morgan fingerprint density at radius 2 is 1.70 bits per heavy atom. The van der Waals surface area contributed by atoms with Crippen molar-refractivity contribution in [2.75, 3.05) is 37.6 Å². The predicted octanol–water partition coefficient (Wildman–Crippen LogP) is 5.17. The zero-order chi connectivity index (χ0) is 23.0. The number of rotatable bonds is 4. The highest BCUT2D eigenvalue weighted by Gasteiger charge is 2.32. The van der Waals surface area contributed by atoms with Crippen molar-refractivity contribution in [2.24, 2.45) is 5.92 Å². The molecular formula is C24H27F3N4OS. The van der Waals surface area contributed by atoms with E-state index in [0.29, 0.717) is 15.5 Å². The normalized spacial score (nSPS) is 18.8. The molecule has 1 aliphatic carbocycles. The van der Waals surface area contributed by atoms with Crippen molar-refractivity contribution in [1.82, 2.24) is 14.5 Å². The number of aromatic nitrogens is 2. The molecular weight excluding hydrogens is 449 g/mol. The van der Waals surface area contributed by atoms with E-state index in [9.17, 15) is 18.0 Å². The van der Waals surface area contributed by atoms with Crippen LogP contribution in [0.3, 0.4) is 0 Å². The monoisotopic (exact) mass is 476 g/mol. The van der Waals surface area contributed by atoms with E-state index >= 15 is 0 Å². The number of halogens is 3. The lowest BCUT2D eigenvalue weighted by Crippen LogP contribution is -2.48. The highest BCUT2D eigenvalue weighted by Crippen LogP contribution is 2.37. The van der Waals surface area contributed by atoms with Crippen molar-refractivity contribution in [3.05, 3.63) is 52.6 Å². The van der Waals surface area contributed by atoms with Gasteiger partial charge in [-0.2, -0.15) is 18.2 Å². The Labute approximate surface area is 194 Å². The van der Waals surface area contributed by atoms with Crippen molar-refractivity contribution >= 4 is 26.6 Å². The first kappa shape index (κ1) is 22.4. The first-order valence-electron chi connectivity index (χ1n) is 11.6. The van der Waals surface area contributed by atoms with Crippen LogP contribution in [0.5, 0.6) is 0 Å². The number of hydrogen-bond acceptors (Lipinski definition) is 5. The molecule has 2 aliphatic rings. The van der Waals surface area contributed by atoms with Crippen LogP contribution >= 0.6 is 11.3 Å². The minimum Gasteiger partial charge on any atom is -0.345 e. The molecule has 0 bridgehead atoms. The quantitative estimate of drug-likeness (QED) is 0.521. The zero-order valence-electron chi connectivity index (χ0n) is 18.4. The first-order valence-corrected chi connectivity index (χ1v) is 12.4. The number of fused-ring (bicyclic) bond motifs is 1. The van der Waals surface area contributed by atoms with Gasteiger partial charge < -0.3 is 9.47 Å². The summed E-state index contributed by atoms with van der Waals surface area (Å²) in [7, 11) is 0. The van der Waals surface area contributed by atoms with Gasteiger partial charge in [-0.1, -0.05) is 30.6 Å². The average molecular weight is 477 g/mol. The Kier molecular flexibility index (Phi) is 6.18. The number of alkyl halides is 3. The van der Waals surface area contributed by atoms with Gasteiger partial charge in [0, 0.05) is 45.1 Å². The summed E-state index contributed by atoms with van der Waals surface area (Å²) in [4.78, 5) is 21.7. The van der Waals surface area contributed by atoms with Gasteiger partial charge in [-0.3, -0.25) is 9.69 Å². The summed E-state index contributed by atoms with van der Waals surface area (Å²) >= 11 is 1.30. The van der Waals surface area contributed by atoms with Crippen LogP contribution in [-0.2, 0) is 6.18 Å². The molecule has 0 amide bonds. The van der Waals surface area contributed by atoms with E-state index in [4.69, 9.17) is 0 Å². The van der Waals surface area contributed by atoms with E-state index in [2.05, 4.69) is 14.8 Å². The highest BCUT2D eigenvalue weighted by molar-refractivity contribution is 7.22. The Hall–Kier alpha value is -2.39. The Balaban J connectivity index is 1.43. The maximum Gasteiger partial charge on any atom is 0.416 e. The summed E-state index contributed by atoms with van der Waals surface area (Å²) in [5.74, 6) is 0.784. The fourth-order valence-electron chi connectivity index (χ4n) is 4.98. The molecule has 5 nitrogen and oxygen atoms in total. The topological polar surface area (TPSA) is 41.4 Å². The molecule has 0 spiro atoms. The van der Waals surface area contributed by atoms with Crippen LogP contribution in [0.15, 0.2) is 41.5 Å². The third-order valence-electron chi connectivity index (χ3n) is 6.78. The number of benzene rings is 1. The van der Waals surface area contributed by atoms with E-state index in [1.54, 1.807) is 29.1 Å². The van der Waals surface area contributed by atoms with Crippen molar-refractivity contribution in [3.63, 3.8) is 0 Å². The molecule has 5 rings (SSSR count). The van der Waals surface area contributed by atoms with Crippen LogP contribution in [0.1, 0.15) is 37.7 Å². The molecule has 2 fully saturated rings. The Morgan fingerprint density at radius 1 is 1.00 bits per heavy atom. The SMILES string of the molecule is O=c1nc(N2CCN(CC3CCCCC3)CC2)sc2c(-n3cccc3)cc(C(F)(F)F)cc12. The van der Waals surface area contributed by atoms with Crippen molar-refractivity contribution in [1.29, 1.82) is 0 Å². The Morgan fingerprint density at radius 3 is 2.36 bits per heavy atom. The van der Waals surface area contributed by atoms with E-state index in [0.717, 1.165) is 50.8 Å². The molecule has 9 heteroatoms. The molecule has 0 N–H and O–H groups in total. The Bertz CT molecular complexity index is 1160. The highest BCUT2D eigenvalue weighted by atomic mass is 32.1. The molecule has 1 saturated carbocycles. The number of anilines is 1. The van der Waals surface area contributed by atoms with Crippen LogP contribution in [-0.4, -0.2) is 47.2 Å². The summed E-state index contributed by atoms with van der Waals surface area (Å²) in [6, 6.07) is 5.55. The standard InChI is InChI=1S/C24H27F3N4OS/c25-24(26,27)18-14-19-21(20(15-18)30-8-4-5-9-30)33-23(28-22(19)32)31-12-10-29(11-13-31)16-17-6-2-1-3-7-17/h4-5,8-9,14-15,17H,1-3,6-7,10-13,16H2. The van der Waals surface area contributed by atoms with Crippen LogP contribution in [0, 0.1) is 5.92 Å². The van der Waals surface area contributed by atoms with Crippen LogP contribution in [0.25, 0.3) is 15.8 Å². The first-order chi connectivity index (χ1) is 15.9. The van der Waals surface area contributed by atoms with Gasteiger partial charge in [-0.25, -0.2) is 0 Å². The van der Waals surface area contributed by atoms with E-state index in [-0.39, 0.29) is 5.39 Å².